The second-order valence-corrected chi connectivity index (χ2v) is 10.2. The molecule has 29 heavy (non-hydrogen) atoms. The number of fused-ring (bicyclic) bond motifs is 4. The Kier molecular flexibility index (Phi) is 4.72. The number of aryl methyl sites for hydroxylation is 1. The first kappa shape index (κ1) is 18.8. The number of benzene rings is 2. The molecule has 5 aromatic rings. The number of thiocarbonyl (C=S) groups is 1. The number of hydrogen-bond acceptors (Lipinski definition) is 7. The van der Waals surface area contributed by atoms with Crippen molar-refractivity contribution in [3.8, 4) is 0 Å². The van der Waals surface area contributed by atoms with Crippen LogP contribution in [0.4, 0.5) is 5.13 Å². The van der Waals surface area contributed by atoms with Gasteiger partial charge in [-0.15, -0.1) is 22.7 Å². The molecule has 0 atom stereocenters. The van der Waals surface area contributed by atoms with E-state index in [1.165, 1.54) is 22.7 Å². The standard InChI is InChI=1S/C19H11ClN4OS4/c1-8-21-10-6-7-11-15(14(10)27-8)29-19(22-11)24-18(26)23-17(25)16-13(20)9-4-2-3-5-12(9)28-16/h2-7H,1H3,(H2,22,23,24,25,26). The molecule has 10 heteroatoms. The second-order valence-electron chi connectivity index (χ2n) is 6.16. The van der Waals surface area contributed by atoms with E-state index in [1.54, 1.807) is 11.3 Å². The number of amides is 1. The first-order valence-electron chi connectivity index (χ1n) is 8.45. The number of nitrogens with one attached hydrogen (secondary N) is 2. The minimum Gasteiger partial charge on any atom is -0.308 e. The molecular formula is C19H11ClN4OS4. The zero-order valence-corrected chi connectivity index (χ0v) is 18.8. The van der Waals surface area contributed by atoms with Gasteiger partial charge in [-0.2, -0.15) is 0 Å². The molecule has 0 fully saturated rings. The minimum absolute atomic E-state index is 0.180. The lowest BCUT2D eigenvalue weighted by Gasteiger charge is -2.06. The zero-order valence-electron chi connectivity index (χ0n) is 14.8. The molecule has 5 rings (SSSR count). The summed E-state index contributed by atoms with van der Waals surface area (Å²) in [4.78, 5) is 22.2. The van der Waals surface area contributed by atoms with Crippen LogP contribution in [0.2, 0.25) is 5.02 Å². The van der Waals surface area contributed by atoms with Gasteiger partial charge >= 0.3 is 0 Å². The fourth-order valence-electron chi connectivity index (χ4n) is 2.99. The number of hydrogen-bond donors (Lipinski definition) is 2. The van der Waals surface area contributed by atoms with Gasteiger partial charge in [0.15, 0.2) is 10.2 Å². The van der Waals surface area contributed by atoms with Crippen molar-refractivity contribution in [1.82, 2.24) is 15.3 Å². The maximum Gasteiger partial charge on any atom is 0.269 e. The highest BCUT2D eigenvalue weighted by atomic mass is 35.5. The molecule has 144 valence electrons. The Balaban J connectivity index is 1.38. The van der Waals surface area contributed by atoms with E-state index < -0.39 is 0 Å². The molecule has 2 aromatic carbocycles. The van der Waals surface area contributed by atoms with Gasteiger partial charge in [0.2, 0.25) is 0 Å². The second kappa shape index (κ2) is 7.26. The Morgan fingerprint density at radius 2 is 1.76 bits per heavy atom. The molecule has 0 radical (unpaired) electrons. The summed E-state index contributed by atoms with van der Waals surface area (Å²) in [5.74, 6) is -0.338. The predicted molar refractivity (Wildman–Crippen MR) is 128 cm³/mol. The molecule has 0 bridgehead atoms. The normalized spacial score (nSPS) is 11.4. The number of nitrogens with zero attached hydrogens (tertiary/aromatic N) is 2. The van der Waals surface area contributed by atoms with E-state index in [0.717, 1.165) is 35.5 Å². The molecule has 0 unspecified atom stereocenters. The topological polar surface area (TPSA) is 66.9 Å². The molecule has 1 amide bonds. The van der Waals surface area contributed by atoms with Crippen molar-refractivity contribution in [1.29, 1.82) is 0 Å². The number of carbonyl (C=O) groups is 1. The smallest absolute Gasteiger partial charge is 0.269 e. The van der Waals surface area contributed by atoms with E-state index in [-0.39, 0.29) is 11.0 Å². The van der Waals surface area contributed by atoms with E-state index in [9.17, 15) is 4.79 Å². The van der Waals surface area contributed by atoms with Gasteiger partial charge in [-0.25, -0.2) is 9.97 Å². The van der Waals surface area contributed by atoms with E-state index in [1.807, 2.05) is 43.3 Å². The maximum absolute atomic E-state index is 12.6. The van der Waals surface area contributed by atoms with Gasteiger partial charge in [0.25, 0.3) is 5.91 Å². The molecular weight excluding hydrogens is 464 g/mol. The van der Waals surface area contributed by atoms with E-state index in [0.29, 0.717) is 15.0 Å². The van der Waals surface area contributed by atoms with Crippen molar-refractivity contribution in [2.75, 3.05) is 5.32 Å². The van der Waals surface area contributed by atoms with E-state index >= 15 is 0 Å². The van der Waals surface area contributed by atoms with Gasteiger partial charge in [-0.1, -0.05) is 41.1 Å². The van der Waals surface area contributed by atoms with Gasteiger partial charge < -0.3 is 5.32 Å². The monoisotopic (exact) mass is 474 g/mol. The lowest BCUT2D eigenvalue weighted by molar-refractivity contribution is 0.0982. The Morgan fingerprint density at radius 3 is 2.55 bits per heavy atom. The van der Waals surface area contributed by atoms with Crippen LogP contribution < -0.4 is 10.6 Å². The molecule has 0 saturated heterocycles. The van der Waals surface area contributed by atoms with Gasteiger partial charge in [-0.05, 0) is 37.3 Å². The maximum atomic E-state index is 12.6. The first-order valence-corrected chi connectivity index (χ1v) is 11.7. The van der Waals surface area contributed by atoms with Crippen molar-refractivity contribution < 1.29 is 4.79 Å². The Morgan fingerprint density at radius 1 is 1.03 bits per heavy atom. The van der Waals surface area contributed by atoms with Crippen LogP contribution in [-0.2, 0) is 0 Å². The van der Waals surface area contributed by atoms with Crippen LogP contribution in [0.1, 0.15) is 14.7 Å². The van der Waals surface area contributed by atoms with Crippen molar-refractivity contribution >= 4 is 104 Å². The Labute approximate surface area is 187 Å². The molecule has 3 heterocycles. The summed E-state index contributed by atoms with van der Waals surface area (Å²) in [6, 6.07) is 11.5. The lowest BCUT2D eigenvalue weighted by Crippen LogP contribution is -2.33. The average molecular weight is 475 g/mol. The largest absolute Gasteiger partial charge is 0.308 e. The van der Waals surface area contributed by atoms with Crippen LogP contribution in [-0.4, -0.2) is 21.0 Å². The number of rotatable bonds is 2. The third-order valence-corrected chi connectivity index (χ3v) is 8.22. The van der Waals surface area contributed by atoms with Crippen LogP contribution >= 0.6 is 57.8 Å². The number of halogens is 1. The average Bonchev–Trinajstić information content (AvgIpc) is 3.36. The third kappa shape index (κ3) is 3.38. The van der Waals surface area contributed by atoms with E-state index in [4.69, 9.17) is 23.8 Å². The molecule has 0 aliphatic carbocycles. The summed E-state index contributed by atoms with van der Waals surface area (Å²) in [7, 11) is 0. The summed E-state index contributed by atoms with van der Waals surface area (Å²) >= 11 is 16.2. The van der Waals surface area contributed by atoms with Crippen LogP contribution in [0.3, 0.4) is 0 Å². The molecule has 0 aliphatic heterocycles. The summed E-state index contributed by atoms with van der Waals surface area (Å²) in [6.45, 7) is 1.99. The minimum atomic E-state index is -0.338. The Bertz CT molecular complexity index is 1430. The molecule has 3 aromatic heterocycles. The molecule has 0 spiro atoms. The highest BCUT2D eigenvalue weighted by molar-refractivity contribution is 7.80. The highest BCUT2D eigenvalue weighted by Crippen LogP contribution is 2.36. The molecule has 0 saturated carbocycles. The third-order valence-electron chi connectivity index (χ3n) is 4.21. The fraction of sp³-hybridized carbons (Fsp3) is 0.0526. The van der Waals surface area contributed by atoms with Gasteiger partial charge in [0.05, 0.1) is 30.5 Å². The van der Waals surface area contributed by atoms with Crippen LogP contribution in [0.25, 0.3) is 30.5 Å². The number of anilines is 1. The lowest BCUT2D eigenvalue weighted by atomic mass is 10.2. The molecule has 5 nitrogen and oxygen atoms in total. The molecule has 2 N–H and O–H groups in total. The number of carbonyl (C=O) groups excluding carboxylic acids is 1. The van der Waals surface area contributed by atoms with E-state index in [2.05, 4.69) is 20.6 Å². The number of thiazole rings is 2. The quantitative estimate of drug-likeness (QED) is 0.298. The Hall–Kier alpha value is -2.17. The predicted octanol–water partition coefficient (Wildman–Crippen LogP) is 6.21. The van der Waals surface area contributed by atoms with Gasteiger partial charge in [-0.3, -0.25) is 10.1 Å². The van der Waals surface area contributed by atoms with Crippen LogP contribution in [0.5, 0.6) is 0 Å². The number of thiophene rings is 1. The fourth-order valence-corrected chi connectivity index (χ4v) is 6.66. The van der Waals surface area contributed by atoms with Crippen LogP contribution in [0, 0.1) is 6.92 Å². The first-order chi connectivity index (χ1) is 14.0. The summed E-state index contributed by atoms with van der Waals surface area (Å²) in [6.07, 6.45) is 0. The van der Waals surface area contributed by atoms with Crippen LogP contribution in [0.15, 0.2) is 36.4 Å². The van der Waals surface area contributed by atoms with Gasteiger partial charge in [0, 0.05) is 10.1 Å². The van der Waals surface area contributed by atoms with Crippen molar-refractivity contribution in [2.24, 2.45) is 0 Å². The SMILES string of the molecule is Cc1nc2ccc3nc(NC(=S)NC(=O)c4sc5ccccc5c4Cl)sc3c2s1. The van der Waals surface area contributed by atoms with Crippen molar-refractivity contribution in [3.05, 3.63) is 51.3 Å². The highest BCUT2D eigenvalue weighted by Gasteiger charge is 2.18. The summed E-state index contributed by atoms with van der Waals surface area (Å²) in [5.41, 5.74) is 1.83. The van der Waals surface area contributed by atoms with Gasteiger partial charge in [0.1, 0.15) is 4.88 Å². The van der Waals surface area contributed by atoms with Crippen molar-refractivity contribution in [2.45, 2.75) is 6.92 Å². The summed E-state index contributed by atoms with van der Waals surface area (Å²) in [5, 5.41) is 8.81. The molecule has 0 aliphatic rings. The summed E-state index contributed by atoms with van der Waals surface area (Å²) < 4.78 is 3.12. The number of aromatic nitrogens is 2. The van der Waals surface area contributed by atoms with Crippen molar-refractivity contribution in [3.63, 3.8) is 0 Å². The zero-order chi connectivity index (χ0) is 20.1.